The average molecular weight is 587 g/mol. The molecule has 1 saturated carbocycles. The summed E-state index contributed by atoms with van der Waals surface area (Å²) in [7, 11) is 1.72. The highest BCUT2D eigenvalue weighted by molar-refractivity contribution is 6.36. The molecule has 1 unspecified atom stereocenters. The normalized spacial score (nSPS) is 19.3. The van der Waals surface area contributed by atoms with Crippen molar-refractivity contribution in [2.75, 3.05) is 56.3 Å². The molecule has 9 nitrogen and oxygen atoms in total. The van der Waals surface area contributed by atoms with Gasteiger partial charge in [0.25, 0.3) is 0 Å². The molecule has 1 atom stereocenters. The Balaban J connectivity index is 1.34. The number of hydrogen-bond acceptors (Lipinski definition) is 8. The first-order valence-corrected chi connectivity index (χ1v) is 14.8. The van der Waals surface area contributed by atoms with Gasteiger partial charge in [-0.15, -0.1) is 0 Å². The Labute approximate surface area is 251 Å². The van der Waals surface area contributed by atoms with Crippen LogP contribution in [-0.2, 0) is 22.5 Å². The molecular formula is C32H35ClN6O3. The first-order valence-electron chi connectivity index (χ1n) is 14.4. The van der Waals surface area contributed by atoms with Gasteiger partial charge in [0.2, 0.25) is 5.91 Å². The molecule has 2 fully saturated rings. The van der Waals surface area contributed by atoms with Gasteiger partial charge in [-0.3, -0.25) is 4.79 Å². The Kier molecular flexibility index (Phi) is 7.93. The van der Waals surface area contributed by atoms with Gasteiger partial charge in [-0.05, 0) is 42.9 Å². The number of nitriles is 1. The van der Waals surface area contributed by atoms with E-state index >= 15 is 0 Å². The minimum absolute atomic E-state index is 0.0223. The Morgan fingerprint density at radius 3 is 2.71 bits per heavy atom. The number of anilines is 2. The zero-order valence-electron chi connectivity index (χ0n) is 23.9. The SMILES string of the molecule is C=CC(=O)N1CCN(c2nc(OCC3(COC)CC3)nc3c2CCN(c2cccc4cccc(Cl)c24)C3)CC1CC#N. The van der Waals surface area contributed by atoms with Crippen LogP contribution in [0, 0.1) is 16.7 Å². The number of ether oxygens (including phenoxy) is 2. The number of rotatable bonds is 9. The van der Waals surface area contributed by atoms with Crippen molar-refractivity contribution in [1.82, 2.24) is 14.9 Å². The summed E-state index contributed by atoms with van der Waals surface area (Å²) >= 11 is 6.69. The molecule has 2 aromatic carbocycles. The van der Waals surface area contributed by atoms with Crippen LogP contribution in [0.5, 0.6) is 6.01 Å². The second-order valence-electron chi connectivity index (χ2n) is 11.5. The summed E-state index contributed by atoms with van der Waals surface area (Å²) < 4.78 is 11.7. The molecule has 1 aromatic heterocycles. The van der Waals surface area contributed by atoms with Gasteiger partial charge in [-0.2, -0.15) is 15.2 Å². The zero-order valence-corrected chi connectivity index (χ0v) is 24.6. The standard InChI is InChI=1S/C32H35ClN6O3/c1-3-28(40)39-17-16-38(18-23(39)10-14-34)30-24-11-15-37(27-9-5-7-22-6-4-8-25(33)29(22)27)19-26(24)35-31(36-30)42-21-32(12-13-32)20-41-2/h3-9,23H,1,10-13,15-21H2,2H3. The van der Waals surface area contributed by atoms with Crippen molar-refractivity contribution < 1.29 is 14.3 Å². The van der Waals surface area contributed by atoms with Gasteiger partial charge >= 0.3 is 6.01 Å². The van der Waals surface area contributed by atoms with Crippen LogP contribution in [0.3, 0.4) is 0 Å². The molecular weight excluding hydrogens is 552 g/mol. The number of aromatic nitrogens is 2. The Morgan fingerprint density at radius 2 is 1.98 bits per heavy atom. The minimum atomic E-state index is -0.251. The van der Waals surface area contributed by atoms with E-state index in [0.717, 1.165) is 64.4 Å². The topological polar surface area (TPSA) is 94.8 Å². The number of amides is 1. The Bertz CT molecular complexity index is 1550. The molecule has 0 bridgehead atoms. The number of fused-ring (bicyclic) bond motifs is 2. The maximum atomic E-state index is 12.5. The summed E-state index contributed by atoms with van der Waals surface area (Å²) in [4.78, 5) is 28.7. The lowest BCUT2D eigenvalue weighted by Gasteiger charge is -2.42. The first kappa shape index (κ1) is 28.3. The first-order chi connectivity index (χ1) is 20.4. The summed E-state index contributed by atoms with van der Waals surface area (Å²) in [6, 6.07) is 14.6. The lowest BCUT2D eigenvalue weighted by molar-refractivity contribution is -0.128. The van der Waals surface area contributed by atoms with Crippen molar-refractivity contribution in [2.45, 2.75) is 38.3 Å². The number of carbonyl (C=O) groups is 1. The molecule has 10 heteroatoms. The molecule has 3 aromatic rings. The molecule has 0 spiro atoms. The van der Waals surface area contributed by atoms with E-state index in [1.54, 1.807) is 12.0 Å². The lowest BCUT2D eigenvalue weighted by atomic mass is 10.0. The van der Waals surface area contributed by atoms with Crippen molar-refractivity contribution in [3.63, 3.8) is 0 Å². The summed E-state index contributed by atoms with van der Waals surface area (Å²) in [5.74, 6) is 0.678. The predicted molar refractivity (Wildman–Crippen MR) is 163 cm³/mol. The largest absolute Gasteiger partial charge is 0.463 e. The second-order valence-corrected chi connectivity index (χ2v) is 11.9. The van der Waals surface area contributed by atoms with E-state index in [0.29, 0.717) is 45.4 Å². The lowest BCUT2D eigenvalue weighted by Crippen LogP contribution is -2.55. The van der Waals surface area contributed by atoms with Gasteiger partial charge in [0.1, 0.15) is 5.82 Å². The quantitative estimate of drug-likeness (QED) is 0.331. The third-order valence-electron chi connectivity index (χ3n) is 8.68. The molecule has 2 aliphatic heterocycles. The van der Waals surface area contributed by atoms with Crippen molar-refractivity contribution in [3.8, 4) is 12.1 Å². The van der Waals surface area contributed by atoms with E-state index in [1.165, 1.54) is 6.08 Å². The molecule has 1 saturated heterocycles. The minimum Gasteiger partial charge on any atom is -0.463 e. The Hall–Kier alpha value is -3.87. The van der Waals surface area contributed by atoms with Crippen molar-refractivity contribution >= 4 is 39.8 Å². The number of carbonyl (C=O) groups excluding carboxylic acids is 1. The molecule has 6 rings (SSSR count). The summed E-state index contributed by atoms with van der Waals surface area (Å²) in [6.07, 6.45) is 4.42. The van der Waals surface area contributed by atoms with E-state index in [2.05, 4.69) is 46.7 Å². The molecule has 3 aliphatic rings. The van der Waals surface area contributed by atoms with Crippen LogP contribution in [-0.4, -0.2) is 73.3 Å². The molecule has 42 heavy (non-hydrogen) atoms. The molecule has 1 amide bonds. The monoisotopic (exact) mass is 586 g/mol. The highest BCUT2D eigenvalue weighted by Crippen LogP contribution is 2.46. The van der Waals surface area contributed by atoms with E-state index in [1.807, 2.05) is 12.1 Å². The molecule has 0 radical (unpaired) electrons. The third kappa shape index (κ3) is 5.49. The van der Waals surface area contributed by atoms with Gasteiger partial charge in [0, 0.05) is 55.3 Å². The molecule has 1 aliphatic carbocycles. The predicted octanol–water partition coefficient (Wildman–Crippen LogP) is 4.77. The van der Waals surface area contributed by atoms with Crippen molar-refractivity contribution in [2.24, 2.45) is 5.41 Å². The van der Waals surface area contributed by atoms with Gasteiger partial charge < -0.3 is 24.2 Å². The fraction of sp³-hybridized carbons (Fsp3) is 0.438. The van der Waals surface area contributed by atoms with Crippen LogP contribution in [0.1, 0.15) is 30.5 Å². The summed E-state index contributed by atoms with van der Waals surface area (Å²) in [5.41, 5.74) is 3.11. The number of halogens is 1. The summed E-state index contributed by atoms with van der Waals surface area (Å²) in [5, 5.41) is 12.4. The van der Waals surface area contributed by atoms with Crippen LogP contribution >= 0.6 is 11.6 Å². The van der Waals surface area contributed by atoms with Crippen molar-refractivity contribution in [1.29, 1.82) is 5.26 Å². The smallest absolute Gasteiger partial charge is 0.318 e. The van der Waals surface area contributed by atoms with Crippen LogP contribution in [0.2, 0.25) is 5.02 Å². The maximum Gasteiger partial charge on any atom is 0.318 e. The van der Waals surface area contributed by atoms with E-state index in [4.69, 9.17) is 31.0 Å². The highest BCUT2D eigenvalue weighted by atomic mass is 35.5. The second kappa shape index (κ2) is 11.8. The van der Waals surface area contributed by atoms with Crippen molar-refractivity contribution in [3.05, 3.63) is 65.3 Å². The zero-order chi connectivity index (χ0) is 29.3. The maximum absolute atomic E-state index is 12.5. The van der Waals surface area contributed by atoms with E-state index < -0.39 is 0 Å². The molecule has 0 N–H and O–H groups in total. The number of methoxy groups -OCH3 is 1. The number of piperazine rings is 1. The number of nitrogens with zero attached hydrogens (tertiary/aromatic N) is 6. The van der Waals surface area contributed by atoms with Crippen LogP contribution in [0.4, 0.5) is 11.5 Å². The number of benzene rings is 2. The van der Waals surface area contributed by atoms with Crippen LogP contribution < -0.4 is 14.5 Å². The summed E-state index contributed by atoms with van der Waals surface area (Å²) in [6.45, 7) is 7.76. The van der Waals surface area contributed by atoms with Gasteiger partial charge in [0.15, 0.2) is 0 Å². The number of hydrogen-bond donors (Lipinski definition) is 0. The molecule has 218 valence electrons. The van der Waals surface area contributed by atoms with Crippen LogP contribution in [0.15, 0.2) is 49.1 Å². The van der Waals surface area contributed by atoms with Gasteiger partial charge in [-0.25, -0.2) is 0 Å². The van der Waals surface area contributed by atoms with Gasteiger partial charge in [-0.1, -0.05) is 42.4 Å². The average Bonchev–Trinajstić information content (AvgIpc) is 3.78. The Morgan fingerprint density at radius 1 is 1.17 bits per heavy atom. The van der Waals surface area contributed by atoms with E-state index in [-0.39, 0.29) is 23.8 Å². The fourth-order valence-corrected chi connectivity index (χ4v) is 6.50. The fourth-order valence-electron chi connectivity index (χ4n) is 6.23. The van der Waals surface area contributed by atoms with Crippen LogP contribution in [0.25, 0.3) is 10.8 Å². The van der Waals surface area contributed by atoms with Gasteiger partial charge in [0.05, 0.1) is 49.0 Å². The highest BCUT2D eigenvalue weighted by Gasteiger charge is 2.44. The molecule has 3 heterocycles. The third-order valence-corrected chi connectivity index (χ3v) is 8.99. The van der Waals surface area contributed by atoms with E-state index in [9.17, 15) is 10.1 Å².